The summed E-state index contributed by atoms with van der Waals surface area (Å²) in [5.41, 5.74) is 0. The first-order chi connectivity index (χ1) is 2.41. The minimum absolute atomic E-state index is 0. The first-order valence-electron chi connectivity index (χ1n) is 1.00. The Morgan fingerprint density at radius 3 is 0.875 bits per heavy atom. The van der Waals surface area contributed by atoms with Crippen molar-refractivity contribution in [1.29, 1.82) is 0 Å². The molecule has 0 unspecified atom stereocenters. The van der Waals surface area contributed by atoms with Crippen LogP contribution in [0.25, 0.3) is 0 Å². The average molecular weight is 243 g/mol. The Morgan fingerprint density at radius 2 is 0.875 bits per heavy atom. The van der Waals surface area contributed by atoms with Crippen molar-refractivity contribution in [3.8, 4) is 0 Å². The molecule has 0 N–H and O–H groups in total. The number of hydrogen-bond donors (Lipinski definition) is 0. The fourth-order valence-electron chi connectivity index (χ4n) is 0. The minimum atomic E-state index is 0. The van der Waals surface area contributed by atoms with E-state index in [0.29, 0.717) is 0 Å². The van der Waals surface area contributed by atoms with E-state index in [-0.39, 0.29) is 73.8 Å². The summed E-state index contributed by atoms with van der Waals surface area (Å²) in [6.07, 6.45) is 0. The van der Waals surface area contributed by atoms with E-state index >= 15 is 0 Å². The van der Waals surface area contributed by atoms with Gasteiger partial charge >= 0.3 is 0 Å². The first-order valence-corrected chi connectivity index (χ1v) is 1.00. The molecule has 0 saturated carbocycles. The third-order valence-electron chi connectivity index (χ3n) is 0. The maximum atomic E-state index is 4.50. The normalized spacial score (nSPS) is 2.00. The largest absolute Gasteiger partial charge is 0 e. The maximum absolute atomic E-state index is 4.50. The zero-order valence-electron chi connectivity index (χ0n) is 4.62. The van der Waals surface area contributed by atoms with Crippen LogP contribution in [0.2, 0.25) is 0 Å². The Morgan fingerprint density at radius 1 is 0.875 bits per heavy atom. The molecular formula is B6Y2. The fraction of sp³-hybridized carbons (Fsp3) is 0. The Kier molecular flexibility index (Phi) is 213. The van der Waals surface area contributed by atoms with Crippen LogP contribution in [0.5, 0.6) is 0 Å². The van der Waals surface area contributed by atoms with Crippen molar-refractivity contribution in [2.45, 2.75) is 0 Å². The molecule has 14 radical (unpaired) electrons. The van der Waals surface area contributed by atoms with Crippen LogP contribution in [0.1, 0.15) is 0 Å². The molecule has 0 aliphatic carbocycles. The van der Waals surface area contributed by atoms with Crippen molar-refractivity contribution in [2.24, 2.45) is 0 Å². The molecule has 0 spiro atoms. The molecule has 0 rings (SSSR count). The van der Waals surface area contributed by atoms with E-state index in [0.717, 1.165) is 7.06 Å². The van der Waals surface area contributed by atoms with E-state index in [1.165, 1.54) is 0 Å². The van der Waals surface area contributed by atoms with Crippen LogP contribution < -0.4 is 0 Å². The molecule has 0 aromatic rings. The van der Waals surface area contributed by atoms with Crippen molar-refractivity contribution in [1.82, 2.24) is 0 Å². The van der Waals surface area contributed by atoms with E-state index < -0.39 is 0 Å². The van der Waals surface area contributed by atoms with Gasteiger partial charge in [-0.1, -0.05) is 0 Å². The molecule has 0 heterocycles. The second-order valence-corrected chi connectivity index (χ2v) is 0.192. The number of rotatable bonds is 0. The van der Waals surface area contributed by atoms with Gasteiger partial charge in [0, 0.05) is 112 Å². The first kappa shape index (κ1) is 31.2. The SMILES string of the molecule is [B].[B][B].[B][B][B].[Y].[Y]. The van der Waals surface area contributed by atoms with Crippen LogP contribution in [0.4, 0.5) is 0 Å². The third kappa shape index (κ3) is 73.6. The van der Waals surface area contributed by atoms with Crippen molar-refractivity contribution in [2.75, 3.05) is 0 Å². The van der Waals surface area contributed by atoms with Crippen LogP contribution in [0, 0.1) is 0 Å². The molecule has 0 aliphatic rings. The van der Waals surface area contributed by atoms with Gasteiger partial charge in [-0.05, 0) is 0 Å². The smallest absolute Gasteiger partial charge is 0 e. The summed E-state index contributed by atoms with van der Waals surface area (Å²) in [6, 6.07) is 0. The van der Waals surface area contributed by atoms with Crippen LogP contribution in [-0.4, -0.2) is 46.4 Å². The summed E-state index contributed by atoms with van der Waals surface area (Å²) in [6.45, 7) is 0. The van der Waals surface area contributed by atoms with Crippen LogP contribution >= 0.6 is 0 Å². The van der Waals surface area contributed by atoms with E-state index in [2.05, 4.69) is 30.9 Å². The topological polar surface area (TPSA) is 0 Å². The van der Waals surface area contributed by atoms with Gasteiger partial charge in [0.05, 0.1) is 0 Å². The summed E-state index contributed by atoms with van der Waals surface area (Å²) < 4.78 is 0. The van der Waals surface area contributed by atoms with Gasteiger partial charge in [0.1, 0.15) is 0 Å². The van der Waals surface area contributed by atoms with Gasteiger partial charge < -0.3 is 0 Å². The van der Waals surface area contributed by atoms with Gasteiger partial charge in [-0.2, -0.15) is 0 Å². The minimum Gasteiger partial charge on any atom is 0 e. The summed E-state index contributed by atoms with van der Waals surface area (Å²) >= 11 is 0. The summed E-state index contributed by atoms with van der Waals surface area (Å²) in [4.78, 5) is 0. The monoisotopic (exact) mass is 244 g/mol. The average Bonchev–Trinajstić information content (AvgIpc) is 1.46. The fourth-order valence-corrected chi connectivity index (χ4v) is 0. The molecule has 0 nitrogen and oxygen atoms in total. The van der Waals surface area contributed by atoms with Crippen molar-refractivity contribution in [3.05, 3.63) is 0 Å². The molecule has 0 saturated heterocycles. The Labute approximate surface area is 110 Å². The van der Waals surface area contributed by atoms with Gasteiger partial charge in [-0.25, -0.2) is 0 Å². The van der Waals surface area contributed by atoms with E-state index in [1.54, 1.807) is 0 Å². The molecule has 0 bridgehead atoms. The molecule has 8 heavy (non-hydrogen) atoms. The Balaban J connectivity index is -0.00000000567. The zero-order valence-corrected chi connectivity index (χ0v) is 10.3. The molecule has 0 atom stereocenters. The van der Waals surface area contributed by atoms with Crippen molar-refractivity contribution in [3.63, 3.8) is 0 Å². The second kappa shape index (κ2) is 54.8. The Bertz CT molecular complexity index is 6.49. The maximum Gasteiger partial charge on any atom is 0 e. The van der Waals surface area contributed by atoms with Crippen molar-refractivity contribution >= 4 is 46.4 Å². The van der Waals surface area contributed by atoms with E-state index in [4.69, 9.17) is 0 Å². The van der Waals surface area contributed by atoms with Crippen molar-refractivity contribution < 1.29 is 65.4 Å². The summed E-state index contributed by atoms with van der Waals surface area (Å²) in [5, 5.41) is 0. The predicted molar refractivity (Wildman–Crippen MR) is 34.5 cm³/mol. The van der Waals surface area contributed by atoms with Gasteiger partial charge in [0.2, 0.25) is 0 Å². The Hall–Kier alpha value is 2.60. The third-order valence-corrected chi connectivity index (χ3v) is 0. The van der Waals surface area contributed by atoms with Gasteiger partial charge in [-0.3, -0.25) is 0 Å². The molecule has 24 valence electrons. The van der Waals surface area contributed by atoms with Crippen LogP contribution in [-0.2, 0) is 65.4 Å². The van der Waals surface area contributed by atoms with E-state index in [9.17, 15) is 0 Å². The van der Waals surface area contributed by atoms with Gasteiger partial charge in [-0.15, -0.1) is 0 Å². The number of hydrogen-bond acceptors (Lipinski definition) is 0. The molecule has 0 aromatic heterocycles. The van der Waals surface area contributed by atoms with E-state index in [1.807, 2.05) is 0 Å². The summed E-state index contributed by atoms with van der Waals surface area (Å²) in [7, 11) is 18.0. The zero-order chi connectivity index (χ0) is 4.71. The molecule has 0 aromatic carbocycles. The molecule has 0 aliphatic heterocycles. The predicted octanol–water partition coefficient (Wildman–Crippen LogP) is -2.29. The quantitative estimate of drug-likeness (QED) is 0.420. The summed E-state index contributed by atoms with van der Waals surface area (Å²) in [5.74, 6) is 0. The van der Waals surface area contributed by atoms with Crippen LogP contribution in [0.3, 0.4) is 0 Å². The van der Waals surface area contributed by atoms with Gasteiger partial charge in [0.25, 0.3) is 0 Å². The second-order valence-electron chi connectivity index (χ2n) is 0.192. The van der Waals surface area contributed by atoms with Gasteiger partial charge in [0.15, 0.2) is 0 Å². The van der Waals surface area contributed by atoms with Crippen LogP contribution in [0.15, 0.2) is 0 Å². The molecule has 0 fully saturated rings. The molecule has 0 amide bonds. The molecular weight excluding hydrogens is 243 g/mol. The molecule has 8 heteroatoms. The standard InChI is InChI=1S/B3.B2.B.2Y/c1-3-2;1-2;;;.